The molecule has 0 amide bonds. The molecule has 1 aliphatic rings. The molecule has 24 heavy (non-hydrogen) atoms. The normalized spacial score (nSPS) is 13.2. The third-order valence-corrected chi connectivity index (χ3v) is 4.19. The first-order chi connectivity index (χ1) is 11.2. The first-order valence-electron chi connectivity index (χ1n) is 7.80. The van der Waals surface area contributed by atoms with E-state index in [4.69, 9.17) is 0 Å². The summed E-state index contributed by atoms with van der Waals surface area (Å²) in [6.45, 7) is 7.45. The van der Waals surface area contributed by atoms with Crippen molar-refractivity contribution in [2.45, 2.75) is 34.2 Å². The van der Waals surface area contributed by atoms with Gasteiger partial charge in [0.2, 0.25) is 11.3 Å². The lowest BCUT2D eigenvalue weighted by molar-refractivity contribution is 0.0964. The highest BCUT2D eigenvalue weighted by Crippen LogP contribution is 2.28. The molecule has 2 heterocycles. The van der Waals surface area contributed by atoms with Gasteiger partial charge in [0.1, 0.15) is 11.4 Å². The van der Waals surface area contributed by atoms with E-state index in [1.807, 2.05) is 13.8 Å². The zero-order chi connectivity index (χ0) is 17.8. The number of H-pyrrole nitrogens is 1. The smallest absolute Gasteiger partial charge is 0.251 e. The second-order valence-corrected chi connectivity index (χ2v) is 6.62. The largest absolute Gasteiger partial charge is 0.318 e. The van der Waals surface area contributed by atoms with Crippen molar-refractivity contribution in [3.8, 4) is 0 Å². The number of carbonyl (C=O) groups excluding carboxylic acids is 2. The Morgan fingerprint density at radius 2 is 1.58 bits per heavy atom. The van der Waals surface area contributed by atoms with E-state index in [-0.39, 0.29) is 39.8 Å². The number of aromatic nitrogens is 2. The molecule has 0 fully saturated rings. The summed E-state index contributed by atoms with van der Waals surface area (Å²) in [7, 11) is 0. The molecule has 0 aromatic carbocycles. The molecule has 0 saturated heterocycles. The van der Waals surface area contributed by atoms with Crippen LogP contribution in [0.25, 0.3) is 0 Å². The topological polar surface area (TPSA) is 89.0 Å². The highest BCUT2D eigenvalue weighted by Gasteiger charge is 2.36. The summed E-state index contributed by atoms with van der Waals surface area (Å²) in [6, 6.07) is 2.69. The van der Waals surface area contributed by atoms with Gasteiger partial charge in [-0.05, 0) is 30.9 Å². The average molecular weight is 326 g/mol. The van der Waals surface area contributed by atoms with Crippen LogP contribution in [-0.2, 0) is 6.54 Å². The molecule has 1 N–H and O–H groups in total. The second kappa shape index (κ2) is 5.40. The Balaban J connectivity index is 2.42. The van der Waals surface area contributed by atoms with Gasteiger partial charge in [0.05, 0.1) is 11.1 Å². The highest BCUT2D eigenvalue weighted by molar-refractivity contribution is 6.27. The Morgan fingerprint density at radius 1 is 0.958 bits per heavy atom. The van der Waals surface area contributed by atoms with E-state index in [0.717, 1.165) is 0 Å². The number of pyridine rings is 2. The first-order valence-corrected chi connectivity index (χ1v) is 7.80. The van der Waals surface area contributed by atoms with Gasteiger partial charge in [-0.3, -0.25) is 19.2 Å². The number of hydrogen-bond donors (Lipinski definition) is 1. The number of carbonyl (C=O) groups is 2. The van der Waals surface area contributed by atoms with Crippen molar-refractivity contribution in [2.24, 2.45) is 5.92 Å². The summed E-state index contributed by atoms with van der Waals surface area (Å²) >= 11 is 0. The molecule has 1 aliphatic carbocycles. The maximum absolute atomic E-state index is 13.0. The van der Waals surface area contributed by atoms with Gasteiger partial charge < -0.3 is 9.55 Å². The summed E-state index contributed by atoms with van der Waals surface area (Å²) in [4.78, 5) is 52.5. The van der Waals surface area contributed by atoms with Gasteiger partial charge in [-0.15, -0.1) is 0 Å². The molecule has 3 rings (SSSR count). The number of aromatic amines is 1. The van der Waals surface area contributed by atoms with Gasteiger partial charge in [-0.2, -0.15) is 0 Å². The molecule has 0 spiro atoms. The monoisotopic (exact) mass is 326 g/mol. The van der Waals surface area contributed by atoms with E-state index in [1.165, 1.54) is 16.7 Å². The summed E-state index contributed by atoms with van der Waals surface area (Å²) in [5.41, 5.74) is 0.685. The molecule has 6 heteroatoms. The van der Waals surface area contributed by atoms with Crippen molar-refractivity contribution in [1.29, 1.82) is 0 Å². The minimum atomic E-state index is -0.484. The third kappa shape index (κ3) is 2.26. The fraction of sp³-hybridized carbons (Fsp3) is 0.333. The van der Waals surface area contributed by atoms with Gasteiger partial charge >= 0.3 is 0 Å². The highest BCUT2D eigenvalue weighted by atomic mass is 16.2. The van der Waals surface area contributed by atoms with Crippen molar-refractivity contribution >= 4 is 11.6 Å². The number of aryl methyl sites for hydroxylation is 2. The maximum Gasteiger partial charge on any atom is 0.251 e. The quantitative estimate of drug-likeness (QED) is 0.774. The molecular weight excluding hydrogens is 308 g/mol. The van der Waals surface area contributed by atoms with Crippen LogP contribution in [0.5, 0.6) is 0 Å². The fourth-order valence-electron chi connectivity index (χ4n) is 3.23. The third-order valence-electron chi connectivity index (χ3n) is 4.19. The molecule has 0 atom stereocenters. The van der Waals surface area contributed by atoms with Gasteiger partial charge in [0.15, 0.2) is 5.78 Å². The van der Waals surface area contributed by atoms with Gasteiger partial charge in [0.25, 0.3) is 5.56 Å². The van der Waals surface area contributed by atoms with E-state index >= 15 is 0 Å². The van der Waals surface area contributed by atoms with Crippen molar-refractivity contribution in [3.05, 3.63) is 66.5 Å². The van der Waals surface area contributed by atoms with Crippen LogP contribution in [0.3, 0.4) is 0 Å². The van der Waals surface area contributed by atoms with Crippen LogP contribution in [0.1, 0.15) is 57.1 Å². The van der Waals surface area contributed by atoms with Gasteiger partial charge in [-0.25, -0.2) is 0 Å². The second-order valence-electron chi connectivity index (χ2n) is 6.62. The molecule has 2 aromatic heterocycles. The van der Waals surface area contributed by atoms with Crippen LogP contribution in [0.15, 0.2) is 21.7 Å². The number of ketones is 2. The molecule has 0 saturated carbocycles. The number of fused-ring (bicyclic) bond motifs is 2. The Labute approximate surface area is 138 Å². The van der Waals surface area contributed by atoms with Crippen LogP contribution >= 0.6 is 0 Å². The lowest BCUT2D eigenvalue weighted by Crippen LogP contribution is -2.36. The summed E-state index contributed by atoms with van der Waals surface area (Å²) in [5, 5.41) is 0. The lowest BCUT2D eigenvalue weighted by Gasteiger charge is -2.24. The number of rotatable bonds is 2. The molecule has 2 aromatic rings. The fourth-order valence-corrected chi connectivity index (χ4v) is 3.23. The van der Waals surface area contributed by atoms with Crippen LogP contribution in [-0.4, -0.2) is 21.1 Å². The molecule has 0 unspecified atom stereocenters. The zero-order valence-electron chi connectivity index (χ0n) is 14.0. The number of nitrogens with zero attached hydrogens (tertiary/aromatic N) is 1. The van der Waals surface area contributed by atoms with Crippen LogP contribution in [0.4, 0.5) is 0 Å². The van der Waals surface area contributed by atoms with Crippen LogP contribution in [0.2, 0.25) is 0 Å². The molecule has 0 bridgehead atoms. The Morgan fingerprint density at radius 3 is 2.21 bits per heavy atom. The summed E-state index contributed by atoms with van der Waals surface area (Å²) in [6.07, 6.45) is 0. The molecule has 6 nitrogen and oxygen atoms in total. The first kappa shape index (κ1) is 16.1. The SMILES string of the molecule is Cc1cc(=O)[nH]c2c1C(=O)c1c(C)cc(=O)n(CC(C)C)c1C2=O. The van der Waals surface area contributed by atoms with Crippen LogP contribution in [0, 0.1) is 19.8 Å². The summed E-state index contributed by atoms with van der Waals surface area (Å²) < 4.78 is 1.34. The molecular formula is C18H18N2O4. The predicted octanol–water partition coefficient (Wildman–Crippen LogP) is 1.58. The number of nitrogens with one attached hydrogen (secondary N) is 1. The van der Waals surface area contributed by atoms with Gasteiger partial charge in [0, 0.05) is 18.7 Å². The Bertz CT molecular complexity index is 1010. The molecule has 124 valence electrons. The maximum atomic E-state index is 13.0. The zero-order valence-corrected chi connectivity index (χ0v) is 14.0. The van der Waals surface area contributed by atoms with E-state index in [2.05, 4.69) is 4.98 Å². The molecule has 0 radical (unpaired) electrons. The van der Waals surface area contributed by atoms with E-state index < -0.39 is 11.3 Å². The predicted molar refractivity (Wildman–Crippen MR) is 88.9 cm³/mol. The Hall–Kier alpha value is -2.76. The van der Waals surface area contributed by atoms with Gasteiger partial charge in [-0.1, -0.05) is 13.8 Å². The van der Waals surface area contributed by atoms with Crippen molar-refractivity contribution < 1.29 is 9.59 Å². The Kier molecular flexibility index (Phi) is 3.63. The summed E-state index contributed by atoms with van der Waals surface area (Å²) in [5.74, 6) is -0.694. The van der Waals surface area contributed by atoms with Crippen molar-refractivity contribution in [1.82, 2.24) is 9.55 Å². The minimum Gasteiger partial charge on any atom is -0.318 e. The number of hydrogen-bond acceptors (Lipinski definition) is 4. The molecule has 0 aliphatic heterocycles. The van der Waals surface area contributed by atoms with E-state index in [0.29, 0.717) is 17.7 Å². The van der Waals surface area contributed by atoms with Crippen molar-refractivity contribution in [2.75, 3.05) is 0 Å². The average Bonchev–Trinajstić information content (AvgIpc) is 2.46. The lowest BCUT2D eigenvalue weighted by atomic mass is 9.85. The van der Waals surface area contributed by atoms with E-state index in [9.17, 15) is 19.2 Å². The minimum absolute atomic E-state index is 0.0278. The standard InChI is InChI=1S/C18H18N2O4/c1-8(2)7-20-12(22)6-10(4)14-16(20)18(24)15-13(17(14)23)9(3)5-11(21)19-15/h5-6,8H,7H2,1-4H3,(H,19,21). The van der Waals surface area contributed by atoms with E-state index in [1.54, 1.807) is 13.8 Å². The van der Waals surface area contributed by atoms with Crippen LogP contribution < -0.4 is 11.1 Å². The van der Waals surface area contributed by atoms with Crippen molar-refractivity contribution in [3.63, 3.8) is 0 Å².